The molecule has 136 valence electrons. The Morgan fingerprint density at radius 1 is 0.846 bits per heavy atom. The summed E-state index contributed by atoms with van der Waals surface area (Å²) in [6, 6.07) is 16.2. The van der Waals surface area contributed by atoms with Gasteiger partial charge in [-0.05, 0) is 72.7 Å². The highest BCUT2D eigenvalue weighted by Gasteiger charge is 2.26. The number of ether oxygens (including phenoxy) is 2. The van der Waals surface area contributed by atoms with Crippen molar-refractivity contribution in [3.63, 3.8) is 0 Å². The van der Waals surface area contributed by atoms with Crippen LogP contribution in [0.15, 0.2) is 65.2 Å². The van der Waals surface area contributed by atoms with E-state index in [9.17, 15) is 0 Å². The molecule has 3 rings (SSSR count). The summed E-state index contributed by atoms with van der Waals surface area (Å²) in [5.74, 6) is 1.75. The normalized spacial score (nSPS) is 17.7. The Morgan fingerprint density at radius 3 is 2.00 bits per heavy atom. The first-order valence-corrected chi connectivity index (χ1v) is 9.01. The van der Waals surface area contributed by atoms with Crippen molar-refractivity contribution < 1.29 is 9.47 Å². The van der Waals surface area contributed by atoms with Gasteiger partial charge >= 0.3 is 0 Å². The molecule has 0 fully saturated rings. The van der Waals surface area contributed by atoms with Crippen molar-refractivity contribution in [2.45, 2.75) is 33.1 Å². The number of methoxy groups -OCH3 is 2. The summed E-state index contributed by atoms with van der Waals surface area (Å²) in [7, 11) is 3.38. The van der Waals surface area contributed by atoms with Crippen LogP contribution in [-0.2, 0) is 6.42 Å². The van der Waals surface area contributed by atoms with E-state index in [0.29, 0.717) is 0 Å². The van der Waals surface area contributed by atoms with E-state index in [0.717, 1.165) is 42.2 Å². The second-order valence-electron chi connectivity index (χ2n) is 7.65. The maximum absolute atomic E-state index is 5.25. The first kappa shape index (κ1) is 18.2. The van der Waals surface area contributed by atoms with Gasteiger partial charge in [0.2, 0.25) is 0 Å². The zero-order valence-electron chi connectivity index (χ0n) is 16.1. The van der Waals surface area contributed by atoms with Gasteiger partial charge in [-0.2, -0.15) is 0 Å². The third kappa shape index (κ3) is 4.75. The first-order valence-electron chi connectivity index (χ1n) is 9.01. The Hall–Kier alpha value is -2.55. The first-order chi connectivity index (χ1) is 12.5. The standard InChI is InChI=1S/C23H27NO2/c1-23(2)15-18(13-17-5-9-21(25-3)10-6-17)14-20(16-23)24-19-7-11-22(26-4)12-8-19/h5-12,14H,13,15-16H2,1-4H3. The maximum Gasteiger partial charge on any atom is 0.119 e. The van der Waals surface area contributed by atoms with Crippen LogP contribution in [-0.4, -0.2) is 19.9 Å². The van der Waals surface area contributed by atoms with E-state index < -0.39 is 0 Å². The fraction of sp³-hybridized carbons (Fsp3) is 0.348. The molecular weight excluding hydrogens is 322 g/mol. The summed E-state index contributed by atoms with van der Waals surface area (Å²) >= 11 is 0. The van der Waals surface area contributed by atoms with E-state index in [1.54, 1.807) is 14.2 Å². The molecule has 26 heavy (non-hydrogen) atoms. The van der Waals surface area contributed by atoms with Crippen molar-refractivity contribution in [1.82, 2.24) is 0 Å². The van der Waals surface area contributed by atoms with Gasteiger partial charge in [-0.1, -0.05) is 31.6 Å². The van der Waals surface area contributed by atoms with Crippen LogP contribution in [0.4, 0.5) is 5.69 Å². The van der Waals surface area contributed by atoms with Gasteiger partial charge in [0.15, 0.2) is 0 Å². The highest BCUT2D eigenvalue weighted by molar-refractivity contribution is 5.98. The Labute approximate surface area is 156 Å². The van der Waals surface area contributed by atoms with Gasteiger partial charge in [0.1, 0.15) is 11.5 Å². The smallest absolute Gasteiger partial charge is 0.119 e. The molecule has 0 unspecified atom stereocenters. The van der Waals surface area contributed by atoms with Crippen LogP contribution in [0.2, 0.25) is 0 Å². The molecule has 0 saturated heterocycles. The third-order valence-electron chi connectivity index (χ3n) is 4.67. The molecule has 1 aliphatic carbocycles. The number of hydrogen-bond donors (Lipinski definition) is 0. The number of hydrogen-bond acceptors (Lipinski definition) is 3. The molecule has 0 N–H and O–H groups in total. The molecule has 0 spiro atoms. The van der Waals surface area contributed by atoms with Crippen molar-refractivity contribution in [3.05, 3.63) is 65.7 Å². The predicted molar refractivity (Wildman–Crippen MR) is 108 cm³/mol. The number of rotatable bonds is 5. The van der Waals surface area contributed by atoms with Gasteiger partial charge in [-0.25, -0.2) is 0 Å². The lowest BCUT2D eigenvalue weighted by molar-refractivity contribution is 0.370. The Kier molecular flexibility index (Phi) is 5.46. The molecule has 3 heteroatoms. The fourth-order valence-electron chi connectivity index (χ4n) is 3.52. The molecular formula is C23H27NO2. The Bertz CT molecular complexity index is 799. The summed E-state index contributed by atoms with van der Waals surface area (Å²) in [4.78, 5) is 4.87. The largest absolute Gasteiger partial charge is 0.497 e. The molecule has 0 radical (unpaired) electrons. The summed E-state index contributed by atoms with van der Waals surface area (Å²) in [6.45, 7) is 4.63. The van der Waals surface area contributed by atoms with Crippen molar-refractivity contribution in [1.29, 1.82) is 0 Å². The van der Waals surface area contributed by atoms with Gasteiger partial charge in [-0.3, -0.25) is 4.99 Å². The van der Waals surface area contributed by atoms with Crippen molar-refractivity contribution in [2.24, 2.45) is 10.4 Å². The molecule has 0 saturated carbocycles. The van der Waals surface area contributed by atoms with E-state index in [-0.39, 0.29) is 5.41 Å². The van der Waals surface area contributed by atoms with E-state index in [1.807, 2.05) is 36.4 Å². The molecule has 2 aromatic carbocycles. The van der Waals surface area contributed by atoms with Gasteiger partial charge in [0.05, 0.1) is 19.9 Å². The molecule has 0 aliphatic heterocycles. The molecule has 1 aliphatic rings. The van der Waals surface area contributed by atoms with E-state index in [1.165, 1.54) is 11.1 Å². The molecule has 0 amide bonds. The van der Waals surface area contributed by atoms with Crippen LogP contribution in [0.3, 0.4) is 0 Å². The van der Waals surface area contributed by atoms with Crippen LogP contribution in [0.5, 0.6) is 11.5 Å². The topological polar surface area (TPSA) is 30.8 Å². The minimum absolute atomic E-state index is 0.224. The number of benzene rings is 2. The highest BCUT2D eigenvalue weighted by Crippen LogP contribution is 2.36. The van der Waals surface area contributed by atoms with E-state index >= 15 is 0 Å². The molecule has 3 nitrogen and oxygen atoms in total. The number of nitrogens with zero attached hydrogens (tertiary/aromatic N) is 1. The molecule has 0 heterocycles. The van der Waals surface area contributed by atoms with Crippen molar-refractivity contribution in [2.75, 3.05) is 14.2 Å². The maximum atomic E-state index is 5.25. The average molecular weight is 349 g/mol. The van der Waals surface area contributed by atoms with Crippen LogP contribution in [0, 0.1) is 5.41 Å². The predicted octanol–water partition coefficient (Wildman–Crippen LogP) is 5.77. The van der Waals surface area contributed by atoms with Crippen LogP contribution >= 0.6 is 0 Å². The Balaban J connectivity index is 1.82. The second kappa shape index (κ2) is 7.77. The fourth-order valence-corrected chi connectivity index (χ4v) is 3.52. The van der Waals surface area contributed by atoms with Gasteiger partial charge in [-0.15, -0.1) is 0 Å². The highest BCUT2D eigenvalue weighted by atomic mass is 16.5. The lowest BCUT2D eigenvalue weighted by atomic mass is 9.75. The SMILES string of the molecule is COc1ccc(CC2=CC(=Nc3ccc(OC)cc3)CC(C)(C)C2)cc1. The van der Waals surface area contributed by atoms with Crippen molar-refractivity contribution in [3.8, 4) is 11.5 Å². The Morgan fingerprint density at radius 2 is 1.42 bits per heavy atom. The summed E-state index contributed by atoms with van der Waals surface area (Å²) < 4.78 is 10.5. The molecule has 0 aromatic heterocycles. The zero-order chi connectivity index (χ0) is 18.6. The third-order valence-corrected chi connectivity index (χ3v) is 4.67. The summed E-state index contributed by atoms with van der Waals surface area (Å²) in [5.41, 5.74) is 5.08. The van der Waals surface area contributed by atoms with Gasteiger partial charge < -0.3 is 9.47 Å². The second-order valence-corrected chi connectivity index (χ2v) is 7.65. The van der Waals surface area contributed by atoms with Crippen LogP contribution in [0.1, 0.15) is 32.3 Å². The summed E-state index contributed by atoms with van der Waals surface area (Å²) in [5, 5.41) is 0. The summed E-state index contributed by atoms with van der Waals surface area (Å²) in [6.07, 6.45) is 5.32. The van der Waals surface area contributed by atoms with Crippen LogP contribution < -0.4 is 9.47 Å². The van der Waals surface area contributed by atoms with E-state index in [2.05, 4.69) is 32.1 Å². The molecule has 2 aromatic rings. The number of aliphatic imine (C=N–C) groups is 1. The van der Waals surface area contributed by atoms with Crippen molar-refractivity contribution >= 4 is 11.4 Å². The lowest BCUT2D eigenvalue weighted by Gasteiger charge is -2.31. The van der Waals surface area contributed by atoms with Gasteiger partial charge in [0.25, 0.3) is 0 Å². The van der Waals surface area contributed by atoms with Gasteiger partial charge in [0, 0.05) is 5.71 Å². The molecule has 0 bridgehead atoms. The lowest BCUT2D eigenvalue weighted by Crippen LogP contribution is -2.22. The monoisotopic (exact) mass is 349 g/mol. The average Bonchev–Trinajstić information content (AvgIpc) is 2.61. The van der Waals surface area contributed by atoms with E-state index in [4.69, 9.17) is 14.5 Å². The van der Waals surface area contributed by atoms with Crippen LogP contribution in [0.25, 0.3) is 0 Å². The molecule has 0 atom stereocenters. The number of allylic oxidation sites excluding steroid dienone is 2. The minimum Gasteiger partial charge on any atom is -0.497 e. The minimum atomic E-state index is 0.224. The zero-order valence-corrected chi connectivity index (χ0v) is 16.1. The quantitative estimate of drug-likeness (QED) is 0.686.